The Hall–Kier alpha value is -1.92. The summed E-state index contributed by atoms with van der Waals surface area (Å²) < 4.78 is 5.44. The van der Waals surface area contributed by atoms with E-state index >= 15 is 0 Å². The van der Waals surface area contributed by atoms with Crippen LogP contribution in [0.25, 0.3) is 23.2 Å². The molecule has 1 aliphatic heterocycles. The van der Waals surface area contributed by atoms with Crippen molar-refractivity contribution in [1.29, 1.82) is 0 Å². The average Bonchev–Trinajstić information content (AvgIpc) is 2.69. The standard InChI is InChI=1S/C19H15Cl3N4O/c20-13-4-1-12(2-5-13)3-6-16-23-15-11-14(21)18(22)25-17(15)19(24-16)26-7-9-27-10-8-26/h1-6,11H,7-10H2/b6-3+. The second-order valence-corrected chi connectivity index (χ2v) is 7.22. The van der Waals surface area contributed by atoms with Crippen LogP contribution in [-0.2, 0) is 4.74 Å². The van der Waals surface area contributed by atoms with Gasteiger partial charge in [0.1, 0.15) is 10.7 Å². The van der Waals surface area contributed by atoms with E-state index in [0.29, 0.717) is 40.1 Å². The summed E-state index contributed by atoms with van der Waals surface area (Å²) in [6.07, 6.45) is 3.79. The second kappa shape index (κ2) is 7.98. The molecule has 0 bridgehead atoms. The number of hydrogen-bond donors (Lipinski definition) is 0. The molecule has 0 amide bonds. The summed E-state index contributed by atoms with van der Waals surface area (Å²) in [6, 6.07) is 9.26. The van der Waals surface area contributed by atoms with Gasteiger partial charge in [0.15, 0.2) is 11.6 Å². The Bertz CT molecular complexity index is 1000. The van der Waals surface area contributed by atoms with Crippen molar-refractivity contribution in [3.8, 4) is 0 Å². The fourth-order valence-corrected chi connectivity index (χ4v) is 3.24. The second-order valence-electron chi connectivity index (χ2n) is 6.02. The molecule has 27 heavy (non-hydrogen) atoms. The molecular formula is C19H15Cl3N4O. The number of hydrogen-bond acceptors (Lipinski definition) is 5. The summed E-state index contributed by atoms with van der Waals surface area (Å²) in [5.74, 6) is 1.30. The Balaban J connectivity index is 1.78. The van der Waals surface area contributed by atoms with Crippen LogP contribution >= 0.6 is 34.8 Å². The van der Waals surface area contributed by atoms with E-state index < -0.39 is 0 Å². The van der Waals surface area contributed by atoms with E-state index in [1.54, 1.807) is 6.07 Å². The molecule has 1 fully saturated rings. The normalized spacial score (nSPS) is 15.0. The Morgan fingerprint density at radius 3 is 2.41 bits per heavy atom. The quantitative estimate of drug-likeness (QED) is 0.558. The lowest BCUT2D eigenvalue weighted by Crippen LogP contribution is -2.37. The van der Waals surface area contributed by atoms with E-state index in [0.717, 1.165) is 24.5 Å². The highest BCUT2D eigenvalue weighted by Gasteiger charge is 2.19. The third kappa shape index (κ3) is 4.17. The van der Waals surface area contributed by atoms with Crippen molar-refractivity contribution in [2.24, 2.45) is 0 Å². The molecule has 0 saturated carbocycles. The molecule has 3 heterocycles. The van der Waals surface area contributed by atoms with Gasteiger partial charge in [-0.25, -0.2) is 15.0 Å². The number of rotatable bonds is 3. The molecule has 1 saturated heterocycles. The van der Waals surface area contributed by atoms with Gasteiger partial charge in [0.2, 0.25) is 0 Å². The van der Waals surface area contributed by atoms with Crippen LogP contribution < -0.4 is 4.90 Å². The van der Waals surface area contributed by atoms with E-state index in [2.05, 4.69) is 14.9 Å². The van der Waals surface area contributed by atoms with Crippen LogP contribution in [-0.4, -0.2) is 41.3 Å². The molecule has 0 aliphatic carbocycles. The summed E-state index contributed by atoms with van der Waals surface area (Å²) >= 11 is 18.2. The van der Waals surface area contributed by atoms with Crippen LogP contribution in [0.2, 0.25) is 15.2 Å². The number of halogens is 3. The maximum atomic E-state index is 6.15. The zero-order valence-corrected chi connectivity index (χ0v) is 16.5. The van der Waals surface area contributed by atoms with Gasteiger partial charge in [-0.2, -0.15) is 0 Å². The summed E-state index contributed by atoms with van der Waals surface area (Å²) in [5.41, 5.74) is 2.29. The SMILES string of the molecule is Clc1ccc(/C=C/c2nc(N3CCOCC3)c3nc(Cl)c(Cl)cc3n2)cc1. The van der Waals surface area contributed by atoms with Gasteiger partial charge in [-0.1, -0.05) is 53.0 Å². The number of pyridine rings is 1. The minimum Gasteiger partial charge on any atom is -0.378 e. The minimum absolute atomic E-state index is 0.242. The number of fused-ring (bicyclic) bond motifs is 1. The van der Waals surface area contributed by atoms with Crippen molar-refractivity contribution < 1.29 is 4.74 Å². The van der Waals surface area contributed by atoms with Crippen LogP contribution in [0.15, 0.2) is 30.3 Å². The molecule has 8 heteroatoms. The molecule has 4 rings (SSSR count). The predicted octanol–water partition coefficient (Wildman–Crippen LogP) is 4.99. The average molecular weight is 422 g/mol. The smallest absolute Gasteiger partial charge is 0.159 e. The van der Waals surface area contributed by atoms with Crippen molar-refractivity contribution in [2.75, 3.05) is 31.2 Å². The molecular weight excluding hydrogens is 407 g/mol. The van der Waals surface area contributed by atoms with Crippen molar-refractivity contribution in [3.63, 3.8) is 0 Å². The Morgan fingerprint density at radius 1 is 0.926 bits per heavy atom. The Morgan fingerprint density at radius 2 is 1.67 bits per heavy atom. The van der Waals surface area contributed by atoms with E-state index in [-0.39, 0.29) is 5.15 Å². The van der Waals surface area contributed by atoms with Crippen LogP contribution in [0.1, 0.15) is 11.4 Å². The highest BCUT2D eigenvalue weighted by atomic mass is 35.5. The molecule has 0 radical (unpaired) electrons. The van der Waals surface area contributed by atoms with Gasteiger partial charge in [0, 0.05) is 18.1 Å². The highest BCUT2D eigenvalue weighted by Crippen LogP contribution is 2.29. The number of aromatic nitrogens is 3. The molecule has 1 aliphatic rings. The first-order chi connectivity index (χ1) is 13.1. The first-order valence-electron chi connectivity index (χ1n) is 8.40. The number of nitrogens with zero attached hydrogens (tertiary/aromatic N) is 4. The largest absolute Gasteiger partial charge is 0.378 e. The fourth-order valence-electron chi connectivity index (χ4n) is 2.83. The third-order valence-electron chi connectivity index (χ3n) is 4.19. The number of morpholine rings is 1. The first kappa shape index (κ1) is 18.4. The summed E-state index contributed by atoms with van der Waals surface area (Å²) in [7, 11) is 0. The van der Waals surface area contributed by atoms with Crippen molar-refractivity contribution in [3.05, 3.63) is 56.9 Å². The number of anilines is 1. The van der Waals surface area contributed by atoms with E-state index in [4.69, 9.17) is 44.5 Å². The van der Waals surface area contributed by atoms with E-state index in [9.17, 15) is 0 Å². The van der Waals surface area contributed by atoms with Crippen LogP contribution in [0, 0.1) is 0 Å². The first-order valence-corrected chi connectivity index (χ1v) is 9.54. The lowest BCUT2D eigenvalue weighted by atomic mass is 10.2. The van der Waals surface area contributed by atoms with E-state index in [1.165, 1.54) is 0 Å². The summed E-state index contributed by atoms with van der Waals surface area (Å²) in [5, 5.41) is 1.30. The van der Waals surface area contributed by atoms with Gasteiger partial charge in [0.05, 0.1) is 23.8 Å². The van der Waals surface area contributed by atoms with Gasteiger partial charge in [-0.05, 0) is 29.8 Å². The van der Waals surface area contributed by atoms with Gasteiger partial charge in [-0.15, -0.1) is 0 Å². The molecule has 2 aromatic heterocycles. The molecule has 0 N–H and O–H groups in total. The topological polar surface area (TPSA) is 51.1 Å². The van der Waals surface area contributed by atoms with Crippen LogP contribution in [0.5, 0.6) is 0 Å². The minimum atomic E-state index is 0.242. The Kier molecular flexibility index (Phi) is 5.45. The van der Waals surface area contributed by atoms with Gasteiger partial charge in [-0.3, -0.25) is 0 Å². The molecule has 0 atom stereocenters. The number of benzene rings is 1. The predicted molar refractivity (Wildman–Crippen MR) is 111 cm³/mol. The van der Waals surface area contributed by atoms with Gasteiger partial charge < -0.3 is 9.64 Å². The third-order valence-corrected chi connectivity index (χ3v) is 5.11. The lowest BCUT2D eigenvalue weighted by Gasteiger charge is -2.28. The highest BCUT2D eigenvalue weighted by molar-refractivity contribution is 6.41. The molecule has 138 valence electrons. The molecule has 3 aromatic rings. The van der Waals surface area contributed by atoms with E-state index in [1.807, 2.05) is 36.4 Å². The zero-order chi connectivity index (χ0) is 18.8. The van der Waals surface area contributed by atoms with Crippen LogP contribution in [0.3, 0.4) is 0 Å². The maximum Gasteiger partial charge on any atom is 0.159 e. The summed E-state index contributed by atoms with van der Waals surface area (Å²) in [4.78, 5) is 15.8. The van der Waals surface area contributed by atoms with Gasteiger partial charge >= 0.3 is 0 Å². The van der Waals surface area contributed by atoms with Crippen LogP contribution in [0.4, 0.5) is 5.82 Å². The summed E-state index contributed by atoms with van der Waals surface area (Å²) in [6.45, 7) is 2.74. The van der Waals surface area contributed by atoms with Crippen molar-refractivity contribution >= 4 is 63.8 Å². The fraction of sp³-hybridized carbons (Fsp3) is 0.211. The van der Waals surface area contributed by atoms with Gasteiger partial charge in [0.25, 0.3) is 0 Å². The zero-order valence-electron chi connectivity index (χ0n) is 14.2. The molecule has 5 nitrogen and oxygen atoms in total. The molecule has 0 spiro atoms. The molecule has 0 unspecified atom stereocenters. The van der Waals surface area contributed by atoms with Crippen molar-refractivity contribution in [1.82, 2.24) is 15.0 Å². The molecule has 1 aromatic carbocycles. The maximum absolute atomic E-state index is 6.15. The van der Waals surface area contributed by atoms with Crippen molar-refractivity contribution in [2.45, 2.75) is 0 Å². The monoisotopic (exact) mass is 420 g/mol. The lowest BCUT2D eigenvalue weighted by molar-refractivity contribution is 0.122. The Labute approximate surface area is 171 Å². The number of ether oxygens (including phenoxy) is 1.